The van der Waals surface area contributed by atoms with Crippen LogP contribution in [-0.2, 0) is 11.3 Å². The summed E-state index contributed by atoms with van der Waals surface area (Å²) in [4.78, 5) is 21.1. The first-order valence-corrected chi connectivity index (χ1v) is 8.17. The van der Waals surface area contributed by atoms with Crippen molar-refractivity contribution in [2.75, 3.05) is 26.2 Å². The fraction of sp³-hybridized carbons (Fsp3) is 0.800. The van der Waals surface area contributed by atoms with Gasteiger partial charge in [0.15, 0.2) is 5.82 Å². The van der Waals surface area contributed by atoms with E-state index in [0.717, 1.165) is 51.9 Å². The van der Waals surface area contributed by atoms with E-state index in [1.54, 1.807) is 0 Å². The molecule has 1 aliphatic carbocycles. The molecule has 2 aliphatic rings. The van der Waals surface area contributed by atoms with E-state index in [9.17, 15) is 4.79 Å². The Morgan fingerprint density at radius 2 is 2.09 bits per heavy atom. The van der Waals surface area contributed by atoms with Crippen molar-refractivity contribution in [3.8, 4) is 0 Å². The molecule has 0 aromatic carbocycles. The second-order valence-corrected chi connectivity index (χ2v) is 6.46. The lowest BCUT2D eigenvalue weighted by Crippen LogP contribution is -2.51. The Labute approximate surface area is 130 Å². The zero-order valence-electron chi connectivity index (χ0n) is 13.2. The first-order valence-electron chi connectivity index (χ1n) is 8.17. The van der Waals surface area contributed by atoms with Crippen molar-refractivity contribution in [3.05, 3.63) is 11.7 Å². The Morgan fingerprint density at radius 1 is 1.32 bits per heavy atom. The monoisotopic (exact) mass is 307 g/mol. The first-order chi connectivity index (χ1) is 10.6. The van der Waals surface area contributed by atoms with Gasteiger partial charge in [-0.3, -0.25) is 9.69 Å². The normalized spacial score (nSPS) is 27.1. The number of rotatable bonds is 3. The van der Waals surface area contributed by atoms with E-state index in [1.807, 2.05) is 11.8 Å². The van der Waals surface area contributed by atoms with Gasteiger partial charge >= 0.3 is 0 Å². The third-order valence-electron chi connectivity index (χ3n) is 4.68. The van der Waals surface area contributed by atoms with Crippen LogP contribution in [0.4, 0.5) is 0 Å². The van der Waals surface area contributed by atoms with E-state index >= 15 is 0 Å². The molecule has 2 heterocycles. The summed E-state index contributed by atoms with van der Waals surface area (Å²) >= 11 is 0. The lowest BCUT2D eigenvalue weighted by atomic mass is 9.85. The summed E-state index contributed by atoms with van der Waals surface area (Å²) in [5.41, 5.74) is 6.00. The lowest BCUT2D eigenvalue weighted by Gasteiger charge is -2.37. The van der Waals surface area contributed by atoms with Crippen LogP contribution in [0.2, 0.25) is 0 Å². The molecule has 22 heavy (non-hydrogen) atoms. The zero-order chi connectivity index (χ0) is 15.5. The molecule has 0 bridgehead atoms. The quantitative estimate of drug-likeness (QED) is 0.877. The minimum atomic E-state index is 0.133. The van der Waals surface area contributed by atoms with Gasteiger partial charge in [-0.2, -0.15) is 4.98 Å². The van der Waals surface area contributed by atoms with E-state index in [0.29, 0.717) is 24.2 Å². The van der Waals surface area contributed by atoms with Crippen LogP contribution in [0.5, 0.6) is 0 Å². The van der Waals surface area contributed by atoms with Crippen LogP contribution in [0.15, 0.2) is 4.52 Å². The summed E-state index contributed by atoms with van der Waals surface area (Å²) in [6.07, 6.45) is 3.98. The Hall–Kier alpha value is -1.47. The highest BCUT2D eigenvalue weighted by Crippen LogP contribution is 2.25. The Bertz CT molecular complexity index is 510. The van der Waals surface area contributed by atoms with Gasteiger partial charge in [-0.1, -0.05) is 11.6 Å². The van der Waals surface area contributed by atoms with E-state index < -0.39 is 0 Å². The minimum absolute atomic E-state index is 0.133. The van der Waals surface area contributed by atoms with Crippen molar-refractivity contribution >= 4 is 5.91 Å². The van der Waals surface area contributed by atoms with Crippen molar-refractivity contribution in [1.29, 1.82) is 0 Å². The van der Waals surface area contributed by atoms with Gasteiger partial charge in [-0.15, -0.1) is 0 Å². The summed E-state index contributed by atoms with van der Waals surface area (Å²) in [6, 6.07) is 0.199. The molecule has 2 atom stereocenters. The number of piperazine rings is 1. The Balaban J connectivity index is 1.47. The van der Waals surface area contributed by atoms with Gasteiger partial charge < -0.3 is 15.2 Å². The minimum Gasteiger partial charge on any atom is -0.340 e. The van der Waals surface area contributed by atoms with Crippen LogP contribution in [0.25, 0.3) is 0 Å². The predicted molar refractivity (Wildman–Crippen MR) is 80.8 cm³/mol. The number of hydrogen-bond donors (Lipinski definition) is 1. The number of hydrogen-bond acceptors (Lipinski definition) is 6. The Morgan fingerprint density at radius 3 is 2.73 bits per heavy atom. The van der Waals surface area contributed by atoms with Crippen LogP contribution in [-0.4, -0.2) is 58.1 Å². The fourth-order valence-electron chi connectivity index (χ4n) is 3.43. The number of carbonyl (C=O) groups is 1. The lowest BCUT2D eigenvalue weighted by molar-refractivity contribution is -0.138. The van der Waals surface area contributed by atoms with E-state index in [1.165, 1.54) is 0 Å². The van der Waals surface area contributed by atoms with Crippen molar-refractivity contribution in [3.63, 3.8) is 0 Å². The summed E-state index contributed by atoms with van der Waals surface area (Å²) < 4.78 is 5.15. The molecule has 1 aliphatic heterocycles. The van der Waals surface area contributed by atoms with Crippen LogP contribution < -0.4 is 5.73 Å². The average molecular weight is 307 g/mol. The Kier molecular flexibility index (Phi) is 4.73. The van der Waals surface area contributed by atoms with E-state index in [2.05, 4.69) is 15.0 Å². The maximum atomic E-state index is 12.6. The molecule has 0 unspecified atom stereocenters. The van der Waals surface area contributed by atoms with Gasteiger partial charge in [-0.05, 0) is 26.2 Å². The molecule has 1 saturated heterocycles. The van der Waals surface area contributed by atoms with Gasteiger partial charge in [0, 0.05) is 38.1 Å². The standard InChI is InChI=1S/C15H25N5O2/c1-11-17-14(22-18-11)10-19-5-7-20(8-6-19)15(21)12-3-2-4-13(16)9-12/h12-13H,2-10,16H2,1H3/t12-,13-/m0/s1. The van der Waals surface area contributed by atoms with Crippen LogP contribution in [0, 0.1) is 12.8 Å². The maximum absolute atomic E-state index is 12.6. The van der Waals surface area contributed by atoms with Gasteiger partial charge in [0.2, 0.25) is 11.8 Å². The summed E-state index contributed by atoms with van der Waals surface area (Å²) in [7, 11) is 0. The van der Waals surface area contributed by atoms with Crippen LogP contribution >= 0.6 is 0 Å². The van der Waals surface area contributed by atoms with Crippen molar-refractivity contribution < 1.29 is 9.32 Å². The molecule has 1 amide bonds. The zero-order valence-corrected chi connectivity index (χ0v) is 13.2. The molecular formula is C15H25N5O2. The molecule has 0 radical (unpaired) electrons. The molecule has 7 heteroatoms. The molecule has 2 N–H and O–H groups in total. The number of amides is 1. The van der Waals surface area contributed by atoms with Crippen LogP contribution in [0.1, 0.15) is 37.4 Å². The fourth-order valence-corrected chi connectivity index (χ4v) is 3.43. The SMILES string of the molecule is Cc1noc(CN2CCN(C(=O)[C@H]3CCC[C@H](N)C3)CC2)n1. The second-order valence-electron chi connectivity index (χ2n) is 6.46. The largest absolute Gasteiger partial charge is 0.340 e. The highest BCUT2D eigenvalue weighted by atomic mass is 16.5. The third kappa shape index (κ3) is 3.64. The topological polar surface area (TPSA) is 88.5 Å². The molecule has 1 saturated carbocycles. The number of carbonyl (C=O) groups excluding carboxylic acids is 1. The molecular weight excluding hydrogens is 282 g/mol. The van der Waals surface area contributed by atoms with E-state index in [4.69, 9.17) is 10.3 Å². The number of aryl methyl sites for hydroxylation is 1. The molecule has 0 spiro atoms. The molecule has 7 nitrogen and oxygen atoms in total. The van der Waals surface area contributed by atoms with Crippen molar-refractivity contribution in [2.45, 2.75) is 45.2 Å². The van der Waals surface area contributed by atoms with Crippen molar-refractivity contribution in [1.82, 2.24) is 19.9 Å². The molecule has 3 rings (SSSR count). The molecule has 1 aromatic heterocycles. The maximum Gasteiger partial charge on any atom is 0.240 e. The summed E-state index contributed by atoms with van der Waals surface area (Å²) in [5.74, 6) is 1.74. The smallest absolute Gasteiger partial charge is 0.240 e. The molecule has 1 aromatic rings. The highest BCUT2D eigenvalue weighted by Gasteiger charge is 2.30. The number of nitrogens with two attached hydrogens (primary N) is 1. The predicted octanol–water partition coefficient (Wildman–Crippen LogP) is 0.540. The van der Waals surface area contributed by atoms with Gasteiger partial charge in [0.05, 0.1) is 6.54 Å². The van der Waals surface area contributed by atoms with Gasteiger partial charge in [0.1, 0.15) is 0 Å². The summed E-state index contributed by atoms with van der Waals surface area (Å²) in [5, 5.41) is 3.80. The van der Waals surface area contributed by atoms with E-state index in [-0.39, 0.29) is 12.0 Å². The number of aromatic nitrogens is 2. The van der Waals surface area contributed by atoms with Crippen LogP contribution in [0.3, 0.4) is 0 Å². The average Bonchev–Trinajstić information content (AvgIpc) is 2.92. The third-order valence-corrected chi connectivity index (χ3v) is 4.68. The van der Waals surface area contributed by atoms with Gasteiger partial charge in [-0.25, -0.2) is 0 Å². The summed E-state index contributed by atoms with van der Waals surface area (Å²) in [6.45, 7) is 5.74. The molecule has 2 fully saturated rings. The van der Waals surface area contributed by atoms with Gasteiger partial charge in [0.25, 0.3) is 0 Å². The second kappa shape index (κ2) is 6.75. The molecule has 122 valence electrons. The highest BCUT2D eigenvalue weighted by molar-refractivity contribution is 5.79. The van der Waals surface area contributed by atoms with Crippen molar-refractivity contribution in [2.24, 2.45) is 11.7 Å². The first kappa shape index (κ1) is 15.4. The number of nitrogens with zero attached hydrogens (tertiary/aromatic N) is 4.